The van der Waals surface area contributed by atoms with Crippen LogP contribution in [0, 0.1) is 0 Å². The third-order valence-electron chi connectivity index (χ3n) is 2.99. The largest absolute Gasteiger partial charge is 0.279 e. The number of rotatable bonds is 3. The predicted molar refractivity (Wildman–Crippen MR) is 70.3 cm³/mol. The predicted octanol–water partition coefficient (Wildman–Crippen LogP) is 1.23. The van der Waals surface area contributed by atoms with Gasteiger partial charge in [-0.1, -0.05) is 6.07 Å². The Hall–Kier alpha value is -0.560. The summed E-state index contributed by atoms with van der Waals surface area (Å²) in [5.74, 6) is 0. The molecule has 1 N–H and O–H groups in total. The summed E-state index contributed by atoms with van der Waals surface area (Å²) in [6.45, 7) is 1.02. The minimum absolute atomic E-state index is 0.465. The van der Waals surface area contributed by atoms with Crippen LogP contribution >= 0.6 is 11.8 Å². The summed E-state index contributed by atoms with van der Waals surface area (Å²) < 4.78 is 27.3. The van der Waals surface area contributed by atoms with Crippen LogP contribution in [0.5, 0.6) is 0 Å². The van der Waals surface area contributed by atoms with Crippen LogP contribution < -0.4 is 4.72 Å². The Morgan fingerprint density at radius 3 is 2.76 bits per heavy atom. The van der Waals surface area contributed by atoms with Gasteiger partial charge in [-0.05, 0) is 35.9 Å². The molecule has 17 heavy (non-hydrogen) atoms. The molecule has 0 saturated carbocycles. The third-order valence-corrected chi connectivity index (χ3v) is 5.22. The van der Waals surface area contributed by atoms with Crippen LogP contribution in [-0.2, 0) is 23.2 Å². The molecule has 0 atom stereocenters. The highest BCUT2D eigenvalue weighted by atomic mass is 32.2. The SMILES string of the molecule is CNS(=O)(=O)N1CCc2ccc(SC)cc2C1. The van der Waals surface area contributed by atoms with Crippen LogP contribution in [0.25, 0.3) is 0 Å². The van der Waals surface area contributed by atoms with E-state index in [9.17, 15) is 8.42 Å². The lowest BCUT2D eigenvalue weighted by atomic mass is 10.0. The van der Waals surface area contributed by atoms with Gasteiger partial charge in [0.25, 0.3) is 10.2 Å². The zero-order valence-corrected chi connectivity index (χ0v) is 11.6. The molecule has 1 aromatic rings. The van der Waals surface area contributed by atoms with Gasteiger partial charge in [-0.15, -0.1) is 11.8 Å². The van der Waals surface area contributed by atoms with Crippen molar-refractivity contribution in [1.82, 2.24) is 9.03 Å². The highest BCUT2D eigenvalue weighted by Gasteiger charge is 2.25. The van der Waals surface area contributed by atoms with E-state index >= 15 is 0 Å². The maximum atomic E-state index is 11.7. The Morgan fingerprint density at radius 2 is 2.12 bits per heavy atom. The fourth-order valence-electron chi connectivity index (χ4n) is 1.97. The summed E-state index contributed by atoms with van der Waals surface area (Å²) in [6, 6.07) is 6.27. The van der Waals surface area contributed by atoms with Crippen molar-refractivity contribution >= 4 is 22.0 Å². The van der Waals surface area contributed by atoms with E-state index in [-0.39, 0.29) is 0 Å². The average molecular weight is 272 g/mol. The van der Waals surface area contributed by atoms with E-state index in [1.807, 2.05) is 6.26 Å². The standard InChI is InChI=1S/C11H16N2O2S2/c1-12-17(14,15)13-6-5-9-3-4-11(16-2)7-10(9)8-13/h3-4,7,12H,5-6,8H2,1-2H3. The minimum Gasteiger partial charge on any atom is -0.205 e. The van der Waals surface area contributed by atoms with Gasteiger partial charge < -0.3 is 0 Å². The fraction of sp³-hybridized carbons (Fsp3) is 0.455. The van der Waals surface area contributed by atoms with Crippen LogP contribution in [0.15, 0.2) is 23.1 Å². The number of hydrogen-bond donors (Lipinski definition) is 1. The van der Waals surface area contributed by atoms with Crippen molar-refractivity contribution in [2.24, 2.45) is 0 Å². The van der Waals surface area contributed by atoms with Crippen molar-refractivity contribution in [2.45, 2.75) is 17.9 Å². The number of nitrogens with one attached hydrogen (secondary N) is 1. The Balaban J connectivity index is 2.29. The molecule has 0 radical (unpaired) electrons. The molecule has 94 valence electrons. The summed E-state index contributed by atoms with van der Waals surface area (Å²) in [4.78, 5) is 1.17. The van der Waals surface area contributed by atoms with E-state index in [1.54, 1.807) is 11.8 Å². The quantitative estimate of drug-likeness (QED) is 0.842. The smallest absolute Gasteiger partial charge is 0.205 e. The topological polar surface area (TPSA) is 49.4 Å². The molecular formula is C11H16N2O2S2. The normalized spacial score (nSPS) is 16.8. The van der Waals surface area contributed by atoms with Crippen molar-refractivity contribution in [3.05, 3.63) is 29.3 Å². The summed E-state index contributed by atoms with van der Waals surface area (Å²) >= 11 is 1.67. The van der Waals surface area contributed by atoms with Crippen molar-refractivity contribution in [2.75, 3.05) is 19.8 Å². The zero-order chi connectivity index (χ0) is 12.5. The first-order valence-electron chi connectivity index (χ1n) is 5.41. The molecule has 4 nitrogen and oxygen atoms in total. The minimum atomic E-state index is -3.31. The molecule has 0 aliphatic carbocycles. The number of fused-ring (bicyclic) bond motifs is 1. The van der Waals surface area contributed by atoms with E-state index in [1.165, 1.54) is 21.8 Å². The van der Waals surface area contributed by atoms with Crippen molar-refractivity contribution in [3.8, 4) is 0 Å². The molecule has 1 aliphatic heterocycles. The number of hydrogen-bond acceptors (Lipinski definition) is 3. The second-order valence-electron chi connectivity index (χ2n) is 3.93. The van der Waals surface area contributed by atoms with Gasteiger partial charge in [0.2, 0.25) is 0 Å². The summed E-state index contributed by atoms with van der Waals surface area (Å²) in [6.07, 6.45) is 2.80. The molecule has 0 saturated heterocycles. The van der Waals surface area contributed by atoms with E-state index in [4.69, 9.17) is 0 Å². The van der Waals surface area contributed by atoms with Gasteiger partial charge in [0.15, 0.2) is 0 Å². The lowest BCUT2D eigenvalue weighted by Gasteiger charge is -2.27. The molecular weight excluding hydrogens is 256 g/mol. The molecule has 2 rings (SSSR count). The van der Waals surface area contributed by atoms with Gasteiger partial charge in [-0.25, -0.2) is 4.72 Å². The Bertz CT molecular complexity index is 514. The Labute approximate surface area is 107 Å². The first-order valence-corrected chi connectivity index (χ1v) is 8.07. The number of thioether (sulfide) groups is 1. The molecule has 6 heteroatoms. The van der Waals surface area contributed by atoms with Crippen LogP contribution in [0.1, 0.15) is 11.1 Å². The zero-order valence-electron chi connectivity index (χ0n) is 9.93. The van der Waals surface area contributed by atoms with E-state index in [0.29, 0.717) is 13.1 Å². The molecule has 0 aromatic heterocycles. The van der Waals surface area contributed by atoms with Crippen LogP contribution in [0.3, 0.4) is 0 Å². The second-order valence-corrected chi connectivity index (χ2v) is 6.68. The molecule has 0 fully saturated rings. The Kier molecular flexibility index (Phi) is 3.77. The number of benzene rings is 1. The lowest BCUT2D eigenvalue weighted by molar-refractivity contribution is 0.386. The third kappa shape index (κ3) is 2.65. The van der Waals surface area contributed by atoms with Gasteiger partial charge in [-0.2, -0.15) is 12.7 Å². The van der Waals surface area contributed by atoms with E-state index in [2.05, 4.69) is 22.9 Å². The fourth-order valence-corrected chi connectivity index (χ4v) is 3.33. The first kappa shape index (κ1) is 12.9. The molecule has 0 bridgehead atoms. The maximum Gasteiger partial charge on any atom is 0.279 e. The van der Waals surface area contributed by atoms with Gasteiger partial charge >= 0.3 is 0 Å². The molecule has 0 amide bonds. The van der Waals surface area contributed by atoms with Crippen molar-refractivity contribution in [1.29, 1.82) is 0 Å². The summed E-state index contributed by atoms with van der Waals surface area (Å²) in [5, 5.41) is 0. The highest BCUT2D eigenvalue weighted by molar-refractivity contribution is 7.98. The highest BCUT2D eigenvalue weighted by Crippen LogP contribution is 2.25. The van der Waals surface area contributed by atoms with Crippen LogP contribution in [0.4, 0.5) is 0 Å². The molecule has 1 aromatic carbocycles. The van der Waals surface area contributed by atoms with Crippen molar-refractivity contribution < 1.29 is 8.42 Å². The molecule has 0 unspecified atom stereocenters. The average Bonchev–Trinajstić information content (AvgIpc) is 2.37. The first-order chi connectivity index (χ1) is 8.06. The van der Waals surface area contributed by atoms with E-state index < -0.39 is 10.2 Å². The number of nitrogens with zero attached hydrogens (tertiary/aromatic N) is 1. The van der Waals surface area contributed by atoms with Crippen LogP contribution in [-0.4, -0.2) is 32.6 Å². The van der Waals surface area contributed by atoms with Gasteiger partial charge in [0, 0.05) is 25.0 Å². The van der Waals surface area contributed by atoms with Crippen molar-refractivity contribution in [3.63, 3.8) is 0 Å². The van der Waals surface area contributed by atoms with Gasteiger partial charge in [-0.3, -0.25) is 0 Å². The maximum absolute atomic E-state index is 11.7. The molecule has 1 aliphatic rings. The monoisotopic (exact) mass is 272 g/mol. The van der Waals surface area contributed by atoms with E-state index in [0.717, 1.165) is 12.0 Å². The van der Waals surface area contributed by atoms with Gasteiger partial charge in [0.1, 0.15) is 0 Å². The summed E-state index contributed by atoms with van der Waals surface area (Å²) in [5.41, 5.74) is 2.37. The summed E-state index contributed by atoms with van der Waals surface area (Å²) in [7, 11) is -1.86. The Morgan fingerprint density at radius 1 is 1.35 bits per heavy atom. The van der Waals surface area contributed by atoms with Gasteiger partial charge in [0.05, 0.1) is 0 Å². The van der Waals surface area contributed by atoms with Crippen LogP contribution in [0.2, 0.25) is 0 Å². The molecule has 1 heterocycles. The second kappa shape index (κ2) is 4.97. The lowest BCUT2D eigenvalue weighted by Crippen LogP contribution is -2.41. The molecule has 0 spiro atoms.